The van der Waals surface area contributed by atoms with Crippen LogP contribution in [0.4, 0.5) is 0 Å². The SMILES string of the molecule is CCOC(=O)c1ccccc1Oc1nnc(S(=O)(=O)Cc2ccc(C(=O)NCc3ccccc3)cc2)s1. The van der Waals surface area contributed by atoms with Crippen molar-refractivity contribution in [2.24, 2.45) is 0 Å². The number of nitrogens with zero attached hydrogens (tertiary/aromatic N) is 2. The van der Waals surface area contributed by atoms with Gasteiger partial charge in [0.05, 0.1) is 12.4 Å². The van der Waals surface area contributed by atoms with Crippen LogP contribution in [0.1, 0.15) is 38.8 Å². The molecule has 4 aromatic rings. The summed E-state index contributed by atoms with van der Waals surface area (Å²) in [4.78, 5) is 24.5. The largest absolute Gasteiger partial charge is 0.462 e. The minimum Gasteiger partial charge on any atom is -0.462 e. The summed E-state index contributed by atoms with van der Waals surface area (Å²) in [6, 6.07) is 22.3. The Labute approximate surface area is 218 Å². The maximum atomic E-state index is 12.9. The van der Waals surface area contributed by atoms with E-state index in [4.69, 9.17) is 9.47 Å². The van der Waals surface area contributed by atoms with E-state index < -0.39 is 15.8 Å². The van der Waals surface area contributed by atoms with Crippen LogP contribution in [0.2, 0.25) is 0 Å². The molecule has 37 heavy (non-hydrogen) atoms. The number of amides is 1. The van der Waals surface area contributed by atoms with Gasteiger partial charge in [0.2, 0.25) is 14.2 Å². The fraction of sp³-hybridized carbons (Fsp3) is 0.154. The van der Waals surface area contributed by atoms with E-state index in [0.717, 1.165) is 16.9 Å². The molecule has 0 aliphatic heterocycles. The van der Waals surface area contributed by atoms with Gasteiger partial charge < -0.3 is 14.8 Å². The molecule has 0 fully saturated rings. The van der Waals surface area contributed by atoms with Crippen LogP contribution in [0.15, 0.2) is 83.2 Å². The Morgan fingerprint density at radius 3 is 2.32 bits per heavy atom. The predicted molar refractivity (Wildman–Crippen MR) is 137 cm³/mol. The quantitative estimate of drug-likeness (QED) is 0.295. The number of para-hydroxylation sites is 1. The molecule has 9 nitrogen and oxygen atoms in total. The standard InChI is InChI=1S/C26H23N3O6S2/c1-2-34-24(31)21-10-6-7-11-22(21)35-25-28-29-26(36-25)37(32,33)17-19-12-14-20(15-13-19)23(30)27-16-18-8-4-3-5-9-18/h3-15H,2,16-17H2,1H3,(H,27,30). The number of aromatic nitrogens is 2. The van der Waals surface area contributed by atoms with Crippen LogP contribution in [0.5, 0.6) is 10.9 Å². The number of nitrogens with one attached hydrogen (secondary N) is 1. The molecule has 4 rings (SSSR count). The zero-order valence-electron chi connectivity index (χ0n) is 19.8. The maximum absolute atomic E-state index is 12.9. The Hall–Kier alpha value is -4.09. The number of rotatable bonds is 10. The summed E-state index contributed by atoms with van der Waals surface area (Å²) in [6.07, 6.45) is 0. The van der Waals surface area contributed by atoms with Crippen molar-refractivity contribution in [3.8, 4) is 10.9 Å². The van der Waals surface area contributed by atoms with Crippen molar-refractivity contribution in [3.05, 3.63) is 101 Å². The van der Waals surface area contributed by atoms with E-state index in [1.807, 2.05) is 30.3 Å². The Bertz CT molecular complexity index is 1490. The zero-order valence-corrected chi connectivity index (χ0v) is 21.4. The zero-order chi connectivity index (χ0) is 26.3. The van der Waals surface area contributed by atoms with Crippen molar-refractivity contribution in [2.45, 2.75) is 23.6 Å². The number of hydrogen-bond acceptors (Lipinski definition) is 9. The molecule has 3 aromatic carbocycles. The van der Waals surface area contributed by atoms with E-state index in [9.17, 15) is 18.0 Å². The van der Waals surface area contributed by atoms with E-state index >= 15 is 0 Å². The van der Waals surface area contributed by atoms with Crippen molar-refractivity contribution in [3.63, 3.8) is 0 Å². The van der Waals surface area contributed by atoms with Gasteiger partial charge in [0.25, 0.3) is 5.91 Å². The molecule has 0 aliphatic rings. The van der Waals surface area contributed by atoms with Crippen LogP contribution in [0.25, 0.3) is 0 Å². The summed E-state index contributed by atoms with van der Waals surface area (Å²) >= 11 is 0.752. The lowest BCUT2D eigenvalue weighted by Gasteiger charge is -2.07. The number of sulfone groups is 1. The predicted octanol–water partition coefficient (Wildman–Crippen LogP) is 4.41. The molecule has 1 aromatic heterocycles. The number of esters is 1. The van der Waals surface area contributed by atoms with Gasteiger partial charge >= 0.3 is 11.2 Å². The molecule has 1 amide bonds. The van der Waals surface area contributed by atoms with Crippen molar-refractivity contribution in [2.75, 3.05) is 6.61 Å². The van der Waals surface area contributed by atoms with Crippen LogP contribution < -0.4 is 10.1 Å². The van der Waals surface area contributed by atoms with Crippen molar-refractivity contribution < 1.29 is 27.5 Å². The first-order valence-electron chi connectivity index (χ1n) is 11.3. The molecule has 0 saturated heterocycles. The molecule has 0 unspecified atom stereocenters. The number of benzene rings is 3. The summed E-state index contributed by atoms with van der Waals surface area (Å²) < 4.78 is 36.2. The minimum absolute atomic E-state index is 0.0271. The molecule has 0 radical (unpaired) electrons. The van der Waals surface area contributed by atoms with Crippen LogP contribution in [0.3, 0.4) is 0 Å². The average Bonchev–Trinajstić information content (AvgIpc) is 3.38. The molecule has 0 saturated carbocycles. The summed E-state index contributed by atoms with van der Waals surface area (Å²) in [7, 11) is -3.83. The van der Waals surface area contributed by atoms with Gasteiger partial charge in [-0.25, -0.2) is 13.2 Å². The van der Waals surface area contributed by atoms with E-state index in [-0.39, 0.29) is 39.1 Å². The van der Waals surface area contributed by atoms with E-state index in [2.05, 4.69) is 15.5 Å². The van der Waals surface area contributed by atoms with Gasteiger partial charge in [-0.05, 0) is 53.7 Å². The van der Waals surface area contributed by atoms with E-state index in [1.54, 1.807) is 49.4 Å². The van der Waals surface area contributed by atoms with Crippen molar-refractivity contribution in [1.29, 1.82) is 0 Å². The highest BCUT2D eigenvalue weighted by Crippen LogP contribution is 2.31. The minimum atomic E-state index is -3.83. The molecular weight excluding hydrogens is 514 g/mol. The van der Waals surface area contributed by atoms with Gasteiger partial charge in [-0.3, -0.25) is 4.79 Å². The second kappa shape index (κ2) is 11.8. The van der Waals surface area contributed by atoms with Gasteiger partial charge in [0, 0.05) is 12.1 Å². The first-order valence-corrected chi connectivity index (χ1v) is 13.7. The molecule has 11 heteroatoms. The number of hydrogen-bond donors (Lipinski definition) is 1. The Morgan fingerprint density at radius 2 is 1.59 bits per heavy atom. The normalized spacial score (nSPS) is 11.1. The summed E-state index contributed by atoms with van der Waals surface area (Å²) in [5.41, 5.74) is 2.08. The molecule has 190 valence electrons. The topological polar surface area (TPSA) is 125 Å². The molecule has 0 atom stereocenters. The van der Waals surface area contributed by atoms with Gasteiger partial charge in [-0.1, -0.05) is 59.7 Å². The molecule has 1 N–H and O–H groups in total. The number of ether oxygens (including phenoxy) is 2. The summed E-state index contributed by atoms with van der Waals surface area (Å²) in [5.74, 6) is -0.963. The lowest BCUT2D eigenvalue weighted by molar-refractivity contribution is 0.0523. The van der Waals surface area contributed by atoms with Crippen LogP contribution >= 0.6 is 11.3 Å². The van der Waals surface area contributed by atoms with Gasteiger partial charge in [0.1, 0.15) is 11.3 Å². The van der Waals surface area contributed by atoms with E-state index in [1.165, 1.54) is 6.07 Å². The molecule has 0 spiro atoms. The second-order valence-corrected chi connectivity index (χ2v) is 10.9. The third kappa shape index (κ3) is 6.78. The van der Waals surface area contributed by atoms with Crippen LogP contribution in [-0.4, -0.2) is 37.1 Å². The third-order valence-corrected chi connectivity index (χ3v) is 8.04. The van der Waals surface area contributed by atoms with Crippen molar-refractivity contribution in [1.82, 2.24) is 15.5 Å². The molecule has 1 heterocycles. The summed E-state index contributed by atoms with van der Waals surface area (Å²) in [6.45, 7) is 2.28. The van der Waals surface area contributed by atoms with Crippen LogP contribution in [0, 0.1) is 0 Å². The Morgan fingerprint density at radius 1 is 0.892 bits per heavy atom. The number of carbonyl (C=O) groups excluding carboxylic acids is 2. The highest BCUT2D eigenvalue weighted by Gasteiger charge is 2.23. The second-order valence-electron chi connectivity index (χ2n) is 7.78. The Kier molecular flexibility index (Phi) is 8.26. The smallest absolute Gasteiger partial charge is 0.341 e. The maximum Gasteiger partial charge on any atom is 0.341 e. The molecule has 0 aliphatic carbocycles. The molecular formula is C26H23N3O6S2. The number of carbonyl (C=O) groups is 2. The highest BCUT2D eigenvalue weighted by atomic mass is 32.2. The Balaban J connectivity index is 1.40. The van der Waals surface area contributed by atoms with Crippen molar-refractivity contribution >= 4 is 33.1 Å². The lowest BCUT2D eigenvalue weighted by atomic mass is 10.1. The summed E-state index contributed by atoms with van der Waals surface area (Å²) in [5, 5.41) is 10.4. The van der Waals surface area contributed by atoms with Gasteiger partial charge in [-0.15, -0.1) is 5.10 Å². The lowest BCUT2D eigenvalue weighted by Crippen LogP contribution is -2.22. The van der Waals surface area contributed by atoms with Gasteiger partial charge in [0.15, 0.2) is 0 Å². The highest BCUT2D eigenvalue weighted by molar-refractivity contribution is 7.92. The first kappa shape index (κ1) is 26.0. The fourth-order valence-electron chi connectivity index (χ4n) is 3.31. The average molecular weight is 538 g/mol. The third-order valence-electron chi connectivity index (χ3n) is 5.10. The first-order chi connectivity index (χ1) is 17.9. The van der Waals surface area contributed by atoms with Gasteiger partial charge in [-0.2, -0.15) is 0 Å². The molecule has 0 bridgehead atoms. The monoisotopic (exact) mass is 537 g/mol. The van der Waals surface area contributed by atoms with E-state index in [0.29, 0.717) is 17.7 Å². The van der Waals surface area contributed by atoms with Crippen LogP contribution in [-0.2, 0) is 26.9 Å². The fourth-order valence-corrected chi connectivity index (χ4v) is 5.57.